The zero-order valence-electron chi connectivity index (χ0n) is 12.3. The zero-order valence-corrected chi connectivity index (χ0v) is 14.7. The molecule has 2 rings (SSSR count). The summed E-state index contributed by atoms with van der Waals surface area (Å²) in [5.41, 5.74) is -1.98. The van der Waals surface area contributed by atoms with Crippen LogP contribution in [0.3, 0.4) is 0 Å². The fourth-order valence-electron chi connectivity index (χ4n) is 2.57. The minimum Gasteiger partial charge on any atom is -0.380 e. The van der Waals surface area contributed by atoms with Crippen LogP contribution in [0, 0.1) is 6.92 Å². The van der Waals surface area contributed by atoms with E-state index in [9.17, 15) is 26.7 Å². The molecule has 0 saturated heterocycles. The van der Waals surface area contributed by atoms with E-state index in [2.05, 4.69) is 20.7 Å². The van der Waals surface area contributed by atoms with Gasteiger partial charge >= 0.3 is 6.18 Å². The first-order chi connectivity index (χ1) is 10.4. The highest BCUT2D eigenvalue weighted by molar-refractivity contribution is 9.10. The standard InChI is InChI=1S/C14H17BrF3NO3S/c1-9-8-11(2-3-12(9)15)23(21,22)19-10-4-6-13(20,7-5-10)14(16,17)18/h2-3,8,10,19-20H,4-7H2,1H3/t10-,13-. The number of alkyl halides is 3. The third-order valence-electron chi connectivity index (χ3n) is 4.10. The van der Waals surface area contributed by atoms with Crippen LogP contribution in [0.5, 0.6) is 0 Å². The maximum atomic E-state index is 12.7. The van der Waals surface area contributed by atoms with Gasteiger partial charge in [-0.3, -0.25) is 0 Å². The van der Waals surface area contributed by atoms with Crippen LogP contribution in [0.25, 0.3) is 0 Å². The SMILES string of the molecule is Cc1cc(S(=O)(=O)N[C@H]2CC[C@@](O)(C(F)(F)F)CC2)ccc1Br. The van der Waals surface area contributed by atoms with Crippen molar-refractivity contribution in [3.05, 3.63) is 28.2 Å². The first-order valence-corrected chi connectivity index (χ1v) is 9.30. The van der Waals surface area contributed by atoms with Crippen LogP contribution in [-0.2, 0) is 10.0 Å². The summed E-state index contributed by atoms with van der Waals surface area (Å²) in [7, 11) is -3.81. The van der Waals surface area contributed by atoms with Crippen molar-refractivity contribution in [1.29, 1.82) is 0 Å². The zero-order chi connectivity index (χ0) is 17.5. The van der Waals surface area contributed by atoms with Crippen LogP contribution >= 0.6 is 15.9 Å². The molecule has 1 saturated carbocycles. The summed E-state index contributed by atoms with van der Waals surface area (Å²) in [6.45, 7) is 1.74. The van der Waals surface area contributed by atoms with Gasteiger partial charge in [-0.2, -0.15) is 13.2 Å². The number of hydrogen-bond acceptors (Lipinski definition) is 3. The van der Waals surface area contributed by atoms with E-state index in [-0.39, 0.29) is 17.7 Å². The Bertz CT molecular complexity index is 683. The lowest BCUT2D eigenvalue weighted by Crippen LogP contribution is -2.51. The number of aliphatic hydroxyl groups is 1. The summed E-state index contributed by atoms with van der Waals surface area (Å²) in [5.74, 6) is 0. The Balaban J connectivity index is 2.07. The van der Waals surface area contributed by atoms with Gasteiger partial charge in [0.1, 0.15) is 0 Å². The quantitative estimate of drug-likeness (QED) is 0.795. The number of hydrogen-bond donors (Lipinski definition) is 2. The van der Waals surface area contributed by atoms with Crippen molar-refractivity contribution in [2.24, 2.45) is 0 Å². The fourth-order valence-corrected chi connectivity index (χ4v) is 4.20. The molecule has 0 heterocycles. The average Bonchev–Trinajstić information content (AvgIpc) is 2.43. The summed E-state index contributed by atoms with van der Waals surface area (Å²) in [6.07, 6.45) is -5.85. The Morgan fingerprint density at radius 3 is 2.35 bits per heavy atom. The number of benzene rings is 1. The van der Waals surface area contributed by atoms with Gasteiger partial charge in [0.05, 0.1) is 4.90 Å². The fraction of sp³-hybridized carbons (Fsp3) is 0.571. The van der Waals surface area contributed by atoms with E-state index >= 15 is 0 Å². The Kier molecular flexibility index (Phi) is 5.16. The first-order valence-electron chi connectivity index (χ1n) is 7.02. The Morgan fingerprint density at radius 2 is 1.87 bits per heavy atom. The van der Waals surface area contributed by atoms with Gasteiger partial charge in [-0.15, -0.1) is 0 Å². The topological polar surface area (TPSA) is 66.4 Å². The van der Waals surface area contributed by atoms with E-state index in [1.165, 1.54) is 12.1 Å². The number of sulfonamides is 1. The van der Waals surface area contributed by atoms with Crippen molar-refractivity contribution in [2.45, 2.75) is 55.3 Å². The molecule has 0 spiro atoms. The molecule has 1 aliphatic rings. The van der Waals surface area contributed by atoms with Crippen LogP contribution < -0.4 is 4.72 Å². The summed E-state index contributed by atoms with van der Waals surface area (Å²) in [6, 6.07) is 3.90. The minimum absolute atomic E-state index is 0.0647. The maximum Gasteiger partial charge on any atom is 0.417 e. The van der Waals surface area contributed by atoms with Crippen molar-refractivity contribution in [3.63, 3.8) is 0 Å². The van der Waals surface area contributed by atoms with E-state index in [4.69, 9.17) is 0 Å². The molecule has 0 unspecified atom stereocenters. The smallest absolute Gasteiger partial charge is 0.380 e. The number of aryl methyl sites for hydroxylation is 1. The molecule has 0 radical (unpaired) electrons. The molecule has 1 aromatic carbocycles. The van der Waals surface area contributed by atoms with Gasteiger partial charge in [0.15, 0.2) is 5.60 Å². The van der Waals surface area contributed by atoms with Crippen LogP contribution in [-0.4, -0.2) is 31.3 Å². The van der Waals surface area contributed by atoms with E-state index in [1.807, 2.05) is 0 Å². The van der Waals surface area contributed by atoms with Crippen LogP contribution in [0.1, 0.15) is 31.2 Å². The van der Waals surface area contributed by atoms with Gasteiger partial charge in [0.25, 0.3) is 0 Å². The minimum atomic E-state index is -4.69. The average molecular weight is 416 g/mol. The molecule has 130 valence electrons. The Hall–Kier alpha value is -0.640. The largest absolute Gasteiger partial charge is 0.417 e. The Labute approximate surface area is 141 Å². The molecule has 9 heteroatoms. The van der Waals surface area contributed by atoms with Gasteiger partial charge < -0.3 is 5.11 Å². The summed E-state index contributed by atoms with van der Waals surface area (Å²) in [4.78, 5) is 0.0647. The molecular formula is C14H17BrF3NO3S. The van der Waals surface area contributed by atoms with Crippen molar-refractivity contribution in [3.8, 4) is 0 Å². The van der Waals surface area contributed by atoms with Gasteiger partial charge in [-0.1, -0.05) is 15.9 Å². The van der Waals surface area contributed by atoms with Gasteiger partial charge in [0.2, 0.25) is 10.0 Å². The third-order valence-corrected chi connectivity index (χ3v) is 6.51. The van der Waals surface area contributed by atoms with E-state index in [0.717, 1.165) is 10.0 Å². The highest BCUT2D eigenvalue weighted by Crippen LogP contribution is 2.41. The number of nitrogens with one attached hydrogen (secondary N) is 1. The predicted molar refractivity (Wildman–Crippen MR) is 82.5 cm³/mol. The second kappa shape index (κ2) is 6.34. The maximum absolute atomic E-state index is 12.7. The first kappa shape index (κ1) is 18.7. The predicted octanol–water partition coefficient (Wildman–Crippen LogP) is 3.27. The number of halogens is 4. The monoisotopic (exact) mass is 415 g/mol. The highest BCUT2D eigenvalue weighted by atomic mass is 79.9. The van der Waals surface area contributed by atoms with Crippen molar-refractivity contribution >= 4 is 26.0 Å². The van der Waals surface area contributed by atoms with E-state index in [1.54, 1.807) is 13.0 Å². The lowest BCUT2D eigenvalue weighted by atomic mass is 9.82. The normalized spacial score (nSPS) is 26.3. The van der Waals surface area contributed by atoms with Crippen molar-refractivity contribution in [2.75, 3.05) is 0 Å². The molecule has 0 bridgehead atoms. The molecule has 23 heavy (non-hydrogen) atoms. The van der Waals surface area contributed by atoms with Gasteiger partial charge in [0, 0.05) is 10.5 Å². The Morgan fingerprint density at radius 1 is 1.30 bits per heavy atom. The number of rotatable bonds is 3. The van der Waals surface area contributed by atoms with Crippen LogP contribution in [0.4, 0.5) is 13.2 Å². The van der Waals surface area contributed by atoms with E-state index < -0.39 is 40.7 Å². The molecule has 0 amide bonds. The molecule has 0 aliphatic heterocycles. The molecule has 2 N–H and O–H groups in total. The summed E-state index contributed by atoms with van der Waals surface area (Å²) >= 11 is 3.28. The molecule has 1 aromatic rings. The second-order valence-electron chi connectivity index (χ2n) is 5.84. The summed E-state index contributed by atoms with van der Waals surface area (Å²) in [5, 5.41) is 9.60. The van der Waals surface area contributed by atoms with Crippen LogP contribution in [0.2, 0.25) is 0 Å². The third kappa shape index (κ3) is 4.07. The van der Waals surface area contributed by atoms with Gasteiger partial charge in [-0.05, 0) is 56.4 Å². The van der Waals surface area contributed by atoms with Gasteiger partial charge in [-0.25, -0.2) is 13.1 Å². The molecular weight excluding hydrogens is 399 g/mol. The molecule has 4 nitrogen and oxygen atoms in total. The van der Waals surface area contributed by atoms with E-state index in [0.29, 0.717) is 0 Å². The molecule has 0 aromatic heterocycles. The summed E-state index contributed by atoms with van der Waals surface area (Å²) < 4.78 is 66.0. The highest BCUT2D eigenvalue weighted by Gasteiger charge is 2.54. The lowest BCUT2D eigenvalue weighted by molar-refractivity contribution is -0.270. The molecule has 1 fully saturated rings. The van der Waals surface area contributed by atoms with Crippen molar-refractivity contribution in [1.82, 2.24) is 4.72 Å². The second-order valence-corrected chi connectivity index (χ2v) is 8.40. The lowest BCUT2D eigenvalue weighted by Gasteiger charge is -2.37. The van der Waals surface area contributed by atoms with Crippen LogP contribution in [0.15, 0.2) is 27.6 Å². The molecule has 1 aliphatic carbocycles. The van der Waals surface area contributed by atoms with Crippen molar-refractivity contribution < 1.29 is 26.7 Å². The molecule has 0 atom stereocenters.